The zero-order chi connectivity index (χ0) is 16.4. The third-order valence-electron chi connectivity index (χ3n) is 3.31. The van der Waals surface area contributed by atoms with E-state index in [-0.39, 0.29) is 5.56 Å². The number of nitrogens with zero attached hydrogens (tertiary/aromatic N) is 1. The minimum atomic E-state index is -0.927. The van der Waals surface area contributed by atoms with Crippen LogP contribution in [0.25, 0.3) is 11.3 Å². The van der Waals surface area contributed by atoms with Crippen LogP contribution in [0.4, 0.5) is 0 Å². The van der Waals surface area contributed by atoms with Crippen LogP contribution in [-0.4, -0.2) is 16.1 Å². The Kier molecular flexibility index (Phi) is 4.66. The molecule has 0 aliphatic heterocycles. The predicted molar refractivity (Wildman–Crippen MR) is 93.8 cm³/mol. The third-order valence-corrected chi connectivity index (χ3v) is 4.73. The Morgan fingerprint density at radius 1 is 1.13 bits per heavy atom. The van der Waals surface area contributed by atoms with Crippen molar-refractivity contribution in [3.05, 3.63) is 74.0 Å². The van der Waals surface area contributed by atoms with E-state index >= 15 is 0 Å². The molecule has 1 N–H and O–H groups in total. The number of halogens is 2. The third kappa shape index (κ3) is 3.72. The summed E-state index contributed by atoms with van der Waals surface area (Å²) in [5.41, 5.74) is 2.88. The van der Waals surface area contributed by atoms with Crippen molar-refractivity contribution >= 4 is 40.5 Å². The first-order valence-corrected chi connectivity index (χ1v) is 8.38. The molecule has 0 saturated heterocycles. The summed E-state index contributed by atoms with van der Waals surface area (Å²) >= 11 is 13.7. The lowest BCUT2D eigenvalue weighted by Gasteiger charge is -2.01. The summed E-state index contributed by atoms with van der Waals surface area (Å²) in [6.07, 6.45) is 0.642. The number of carboxylic acids is 1. The molecule has 0 aliphatic rings. The smallest absolute Gasteiger partial charge is 0.335 e. The van der Waals surface area contributed by atoms with Gasteiger partial charge in [-0.3, -0.25) is 0 Å². The fraction of sp³-hybridized carbons (Fsp3) is 0.0588. The van der Waals surface area contributed by atoms with Crippen LogP contribution in [0.5, 0.6) is 0 Å². The molecule has 116 valence electrons. The van der Waals surface area contributed by atoms with Gasteiger partial charge in [-0.05, 0) is 35.9 Å². The van der Waals surface area contributed by atoms with Gasteiger partial charge in [-0.25, -0.2) is 9.78 Å². The number of aromatic nitrogens is 1. The normalized spacial score (nSPS) is 10.7. The van der Waals surface area contributed by atoms with E-state index < -0.39 is 5.97 Å². The van der Waals surface area contributed by atoms with Crippen LogP contribution in [0.3, 0.4) is 0 Å². The summed E-state index contributed by atoms with van der Waals surface area (Å²) in [5.74, 6) is -0.927. The van der Waals surface area contributed by atoms with E-state index in [2.05, 4.69) is 4.98 Å². The van der Waals surface area contributed by atoms with Gasteiger partial charge in [-0.1, -0.05) is 35.3 Å². The molecule has 1 heterocycles. The second-order valence-corrected chi connectivity index (χ2v) is 6.72. The Balaban J connectivity index is 1.82. The Hall–Kier alpha value is -1.88. The van der Waals surface area contributed by atoms with E-state index in [9.17, 15) is 4.79 Å². The highest BCUT2D eigenvalue weighted by Gasteiger charge is 2.10. The molecule has 0 saturated carbocycles. The highest BCUT2D eigenvalue weighted by atomic mass is 35.5. The van der Waals surface area contributed by atoms with Gasteiger partial charge >= 0.3 is 5.97 Å². The number of benzene rings is 2. The molecule has 0 unspecified atom stereocenters. The van der Waals surface area contributed by atoms with Crippen molar-refractivity contribution in [2.75, 3.05) is 0 Å². The minimum Gasteiger partial charge on any atom is -0.478 e. The molecule has 6 heteroatoms. The first-order chi connectivity index (χ1) is 11.0. The summed E-state index contributed by atoms with van der Waals surface area (Å²) in [4.78, 5) is 15.5. The molecule has 1 aromatic heterocycles. The molecule has 23 heavy (non-hydrogen) atoms. The Labute approximate surface area is 147 Å². The lowest BCUT2D eigenvalue weighted by Crippen LogP contribution is -1.96. The minimum absolute atomic E-state index is 0.277. The first kappa shape index (κ1) is 16.0. The number of carbonyl (C=O) groups is 1. The molecule has 3 rings (SSSR count). The Morgan fingerprint density at radius 3 is 2.57 bits per heavy atom. The molecule has 2 aromatic carbocycles. The van der Waals surface area contributed by atoms with E-state index in [1.54, 1.807) is 42.5 Å². The fourth-order valence-electron chi connectivity index (χ4n) is 2.15. The monoisotopic (exact) mass is 363 g/mol. The fourth-order valence-corrected chi connectivity index (χ4v) is 3.36. The van der Waals surface area contributed by atoms with Crippen LogP contribution in [-0.2, 0) is 6.42 Å². The lowest BCUT2D eigenvalue weighted by atomic mass is 10.1. The topological polar surface area (TPSA) is 50.2 Å². The average molecular weight is 364 g/mol. The molecule has 0 atom stereocenters. The van der Waals surface area contributed by atoms with Gasteiger partial charge in [0.1, 0.15) is 0 Å². The second kappa shape index (κ2) is 6.71. The molecule has 0 fully saturated rings. The average Bonchev–Trinajstić information content (AvgIpc) is 2.98. The molecule has 0 aliphatic carbocycles. The van der Waals surface area contributed by atoms with Gasteiger partial charge in [0.25, 0.3) is 0 Å². The molecule has 0 amide bonds. The SMILES string of the molecule is O=C(O)c1ccc(Cc2nc(-c3cc(Cl)ccc3Cl)cs2)cc1. The van der Waals surface area contributed by atoms with Crippen LogP contribution in [0.15, 0.2) is 47.8 Å². The van der Waals surface area contributed by atoms with Crippen LogP contribution in [0.1, 0.15) is 20.9 Å². The highest BCUT2D eigenvalue weighted by molar-refractivity contribution is 7.10. The summed E-state index contributed by atoms with van der Waals surface area (Å²) in [6, 6.07) is 12.1. The van der Waals surface area contributed by atoms with Gasteiger partial charge in [0.05, 0.1) is 21.3 Å². The Morgan fingerprint density at radius 2 is 1.87 bits per heavy atom. The zero-order valence-corrected chi connectivity index (χ0v) is 14.1. The first-order valence-electron chi connectivity index (χ1n) is 6.75. The van der Waals surface area contributed by atoms with E-state index in [4.69, 9.17) is 28.3 Å². The number of rotatable bonds is 4. The largest absolute Gasteiger partial charge is 0.478 e. The summed E-state index contributed by atoms with van der Waals surface area (Å²) < 4.78 is 0. The van der Waals surface area contributed by atoms with Crippen LogP contribution >= 0.6 is 34.5 Å². The summed E-state index contributed by atoms with van der Waals surface area (Å²) in [6.45, 7) is 0. The van der Waals surface area contributed by atoms with Crippen molar-refractivity contribution < 1.29 is 9.90 Å². The van der Waals surface area contributed by atoms with Crippen molar-refractivity contribution in [1.82, 2.24) is 4.98 Å². The number of aromatic carboxylic acids is 1. The highest BCUT2D eigenvalue weighted by Crippen LogP contribution is 2.31. The summed E-state index contributed by atoms with van der Waals surface area (Å²) in [7, 11) is 0. The maximum atomic E-state index is 10.9. The van der Waals surface area contributed by atoms with Crippen molar-refractivity contribution in [3.63, 3.8) is 0 Å². The van der Waals surface area contributed by atoms with E-state index in [0.29, 0.717) is 16.5 Å². The van der Waals surface area contributed by atoms with E-state index in [0.717, 1.165) is 21.8 Å². The van der Waals surface area contributed by atoms with Gasteiger partial charge in [0.15, 0.2) is 0 Å². The molecule has 0 bridgehead atoms. The lowest BCUT2D eigenvalue weighted by molar-refractivity contribution is 0.0697. The molecule has 0 radical (unpaired) electrons. The predicted octanol–water partition coefficient (Wildman–Crippen LogP) is 5.41. The van der Waals surface area contributed by atoms with Gasteiger partial charge < -0.3 is 5.11 Å². The van der Waals surface area contributed by atoms with Crippen LogP contribution < -0.4 is 0 Å². The quantitative estimate of drug-likeness (QED) is 0.674. The zero-order valence-electron chi connectivity index (χ0n) is 11.8. The number of thiazole rings is 1. The van der Waals surface area contributed by atoms with Gasteiger partial charge in [0, 0.05) is 22.4 Å². The van der Waals surface area contributed by atoms with Crippen molar-refractivity contribution in [2.24, 2.45) is 0 Å². The maximum absolute atomic E-state index is 10.9. The standard InChI is InChI=1S/C17H11Cl2NO2S/c18-12-5-6-14(19)13(8-12)15-9-23-16(20-15)7-10-1-3-11(4-2-10)17(21)22/h1-6,8-9H,7H2,(H,21,22). The number of carboxylic acid groups (broad SMARTS) is 1. The van der Waals surface area contributed by atoms with Gasteiger partial charge in [-0.2, -0.15) is 0 Å². The van der Waals surface area contributed by atoms with Crippen molar-refractivity contribution in [3.8, 4) is 11.3 Å². The summed E-state index contributed by atoms with van der Waals surface area (Å²) in [5, 5.41) is 13.0. The second-order valence-electron chi connectivity index (χ2n) is 4.93. The van der Waals surface area contributed by atoms with Crippen molar-refractivity contribution in [1.29, 1.82) is 0 Å². The maximum Gasteiger partial charge on any atom is 0.335 e. The molecular formula is C17H11Cl2NO2S. The molecule has 0 spiro atoms. The Bertz CT molecular complexity index is 859. The van der Waals surface area contributed by atoms with Gasteiger partial charge in [-0.15, -0.1) is 11.3 Å². The van der Waals surface area contributed by atoms with Crippen molar-refractivity contribution in [2.45, 2.75) is 6.42 Å². The molecule has 3 nitrogen and oxygen atoms in total. The van der Waals surface area contributed by atoms with Gasteiger partial charge in [0.2, 0.25) is 0 Å². The molecule has 3 aromatic rings. The molecular weight excluding hydrogens is 353 g/mol. The van der Waals surface area contributed by atoms with E-state index in [1.807, 2.05) is 5.38 Å². The number of hydrogen-bond donors (Lipinski definition) is 1. The van der Waals surface area contributed by atoms with Crippen LogP contribution in [0, 0.1) is 0 Å². The number of hydrogen-bond acceptors (Lipinski definition) is 3. The van der Waals surface area contributed by atoms with E-state index in [1.165, 1.54) is 11.3 Å². The van der Waals surface area contributed by atoms with Crippen LogP contribution in [0.2, 0.25) is 10.0 Å².